The van der Waals surface area contributed by atoms with E-state index >= 15 is 0 Å². The molecule has 1 N–H and O–H groups in total. The second-order valence-electron chi connectivity index (χ2n) is 4.59. The summed E-state index contributed by atoms with van der Waals surface area (Å²) >= 11 is 0. The molecule has 0 spiro atoms. The van der Waals surface area contributed by atoms with Crippen LogP contribution >= 0.6 is 0 Å². The summed E-state index contributed by atoms with van der Waals surface area (Å²) in [5.41, 5.74) is 3.03. The average Bonchev–Trinajstić information content (AvgIpc) is 2.92. The Morgan fingerprint density at radius 3 is 2.65 bits per heavy atom. The molecule has 5 nitrogen and oxygen atoms in total. The summed E-state index contributed by atoms with van der Waals surface area (Å²) in [5.74, 6) is 0.998. The Labute approximate surface area is 115 Å². The number of aromatic nitrogens is 3. The van der Waals surface area contributed by atoms with Crippen LogP contribution < -0.4 is 0 Å². The van der Waals surface area contributed by atoms with Gasteiger partial charge in [-0.05, 0) is 43.7 Å². The Kier molecular flexibility index (Phi) is 2.95. The van der Waals surface area contributed by atoms with Crippen LogP contribution in [0.15, 0.2) is 40.9 Å². The first-order valence-electron chi connectivity index (χ1n) is 6.21. The number of phenolic OH excluding ortho intramolecular Hbond substituents is 1. The van der Waals surface area contributed by atoms with Gasteiger partial charge in [0.05, 0.1) is 0 Å². The van der Waals surface area contributed by atoms with E-state index in [1.165, 1.54) is 0 Å². The lowest BCUT2D eigenvalue weighted by molar-refractivity contribution is 0.431. The van der Waals surface area contributed by atoms with Gasteiger partial charge in [0.2, 0.25) is 5.82 Å². The molecule has 3 aromatic rings. The van der Waals surface area contributed by atoms with Crippen molar-refractivity contribution in [2.45, 2.75) is 13.8 Å². The first kappa shape index (κ1) is 12.3. The molecule has 2 aromatic heterocycles. The van der Waals surface area contributed by atoms with E-state index in [1.54, 1.807) is 12.1 Å². The molecule has 5 heteroatoms. The summed E-state index contributed by atoms with van der Waals surface area (Å²) < 4.78 is 5.23. The third-order valence-electron chi connectivity index (χ3n) is 3.00. The molecule has 0 radical (unpaired) electrons. The number of benzene rings is 1. The molecule has 0 fully saturated rings. The van der Waals surface area contributed by atoms with Crippen LogP contribution in [0.3, 0.4) is 0 Å². The van der Waals surface area contributed by atoms with Crippen LogP contribution in [-0.4, -0.2) is 20.2 Å². The zero-order valence-corrected chi connectivity index (χ0v) is 11.2. The summed E-state index contributed by atoms with van der Waals surface area (Å²) in [6, 6.07) is 10.9. The monoisotopic (exact) mass is 267 g/mol. The quantitative estimate of drug-likeness (QED) is 0.772. The van der Waals surface area contributed by atoms with Gasteiger partial charge in [-0.2, -0.15) is 4.98 Å². The molecule has 0 unspecified atom stereocenters. The van der Waals surface area contributed by atoms with E-state index in [2.05, 4.69) is 15.1 Å². The maximum atomic E-state index is 9.72. The van der Waals surface area contributed by atoms with Crippen molar-refractivity contribution in [2.75, 3.05) is 0 Å². The van der Waals surface area contributed by atoms with Crippen LogP contribution in [0.25, 0.3) is 23.0 Å². The molecular formula is C15H13N3O2. The predicted octanol–water partition coefficient (Wildman–Crippen LogP) is 3.12. The van der Waals surface area contributed by atoms with Crippen molar-refractivity contribution in [1.82, 2.24) is 15.1 Å². The Bertz CT molecular complexity index is 765. The Hall–Kier alpha value is -2.69. The van der Waals surface area contributed by atoms with Crippen LogP contribution in [0.4, 0.5) is 0 Å². The highest BCUT2D eigenvalue weighted by Crippen LogP contribution is 2.26. The minimum absolute atomic E-state index is 0.205. The Morgan fingerprint density at radius 1 is 1.05 bits per heavy atom. The molecule has 0 bridgehead atoms. The molecule has 20 heavy (non-hydrogen) atoms. The Morgan fingerprint density at radius 2 is 1.90 bits per heavy atom. The summed E-state index contributed by atoms with van der Waals surface area (Å²) in [7, 11) is 0. The van der Waals surface area contributed by atoms with E-state index in [0.29, 0.717) is 23.0 Å². The van der Waals surface area contributed by atoms with Crippen molar-refractivity contribution in [3.8, 4) is 28.7 Å². The molecule has 0 saturated carbocycles. The fourth-order valence-electron chi connectivity index (χ4n) is 1.85. The maximum absolute atomic E-state index is 9.72. The molecule has 1 aromatic carbocycles. The lowest BCUT2D eigenvalue weighted by Gasteiger charge is -1.99. The van der Waals surface area contributed by atoms with Gasteiger partial charge >= 0.3 is 0 Å². The van der Waals surface area contributed by atoms with Gasteiger partial charge in [-0.15, -0.1) is 0 Å². The molecule has 2 heterocycles. The lowest BCUT2D eigenvalue weighted by atomic mass is 10.1. The van der Waals surface area contributed by atoms with Crippen molar-refractivity contribution >= 4 is 0 Å². The number of pyridine rings is 1. The zero-order chi connectivity index (χ0) is 14.1. The molecule has 0 atom stereocenters. The van der Waals surface area contributed by atoms with Crippen molar-refractivity contribution in [2.24, 2.45) is 0 Å². The summed E-state index contributed by atoms with van der Waals surface area (Å²) in [5, 5.41) is 13.6. The highest BCUT2D eigenvalue weighted by atomic mass is 16.5. The summed E-state index contributed by atoms with van der Waals surface area (Å²) in [6.45, 7) is 3.73. The largest absolute Gasteiger partial charge is 0.508 e. The lowest BCUT2D eigenvalue weighted by Crippen LogP contribution is -1.88. The van der Waals surface area contributed by atoms with Crippen LogP contribution in [0.2, 0.25) is 0 Å². The molecule has 3 rings (SSSR count). The van der Waals surface area contributed by atoms with Crippen molar-refractivity contribution in [3.05, 3.63) is 47.7 Å². The third-order valence-corrected chi connectivity index (χ3v) is 3.00. The Balaban J connectivity index is 1.99. The van der Waals surface area contributed by atoms with E-state index in [4.69, 9.17) is 4.52 Å². The number of aryl methyl sites for hydroxylation is 2. The molecule has 0 aliphatic carbocycles. The van der Waals surface area contributed by atoms with E-state index < -0.39 is 0 Å². The standard InChI is InChI=1S/C15H13N3O2/c1-9-6-7-11(8-13(9)19)15-17-14(18-20-15)12-5-3-4-10(2)16-12/h3-8,19H,1-2H3. The van der Waals surface area contributed by atoms with Gasteiger partial charge in [-0.3, -0.25) is 0 Å². The number of hydrogen-bond donors (Lipinski definition) is 1. The van der Waals surface area contributed by atoms with Gasteiger partial charge in [0.15, 0.2) is 0 Å². The van der Waals surface area contributed by atoms with Crippen molar-refractivity contribution < 1.29 is 9.63 Å². The van der Waals surface area contributed by atoms with Gasteiger partial charge in [-0.1, -0.05) is 17.3 Å². The SMILES string of the molecule is Cc1cccc(-c2noc(-c3ccc(C)c(O)c3)n2)n1. The first-order chi connectivity index (χ1) is 9.63. The van der Waals surface area contributed by atoms with Gasteiger partial charge in [-0.25, -0.2) is 4.98 Å². The van der Waals surface area contributed by atoms with Crippen LogP contribution in [-0.2, 0) is 0 Å². The molecule has 0 saturated heterocycles. The smallest absolute Gasteiger partial charge is 0.258 e. The molecule has 0 aliphatic heterocycles. The van der Waals surface area contributed by atoms with E-state index in [-0.39, 0.29) is 5.75 Å². The number of rotatable bonds is 2. The topological polar surface area (TPSA) is 72.0 Å². The van der Waals surface area contributed by atoms with Gasteiger partial charge < -0.3 is 9.63 Å². The number of phenols is 1. The number of hydrogen-bond acceptors (Lipinski definition) is 5. The maximum Gasteiger partial charge on any atom is 0.258 e. The highest BCUT2D eigenvalue weighted by molar-refractivity contribution is 5.60. The average molecular weight is 267 g/mol. The van der Waals surface area contributed by atoms with Gasteiger partial charge in [0, 0.05) is 11.3 Å². The third kappa shape index (κ3) is 2.25. The van der Waals surface area contributed by atoms with Gasteiger partial charge in [0.1, 0.15) is 11.4 Å². The number of nitrogens with zero attached hydrogens (tertiary/aromatic N) is 3. The molecule has 0 amide bonds. The fourth-order valence-corrected chi connectivity index (χ4v) is 1.85. The van der Waals surface area contributed by atoms with E-state index in [0.717, 1.165) is 11.3 Å². The van der Waals surface area contributed by atoms with E-state index in [9.17, 15) is 5.11 Å². The molecule has 0 aliphatic rings. The normalized spacial score (nSPS) is 10.7. The van der Waals surface area contributed by atoms with Crippen molar-refractivity contribution in [3.63, 3.8) is 0 Å². The molecular weight excluding hydrogens is 254 g/mol. The molecule has 100 valence electrons. The highest BCUT2D eigenvalue weighted by Gasteiger charge is 2.12. The van der Waals surface area contributed by atoms with Gasteiger partial charge in [0.25, 0.3) is 5.89 Å². The fraction of sp³-hybridized carbons (Fsp3) is 0.133. The van der Waals surface area contributed by atoms with E-state index in [1.807, 2.05) is 38.1 Å². The predicted molar refractivity (Wildman–Crippen MR) is 74.1 cm³/mol. The summed E-state index contributed by atoms with van der Waals surface area (Å²) in [4.78, 5) is 8.66. The van der Waals surface area contributed by atoms with Crippen LogP contribution in [0.1, 0.15) is 11.3 Å². The number of aromatic hydroxyl groups is 1. The van der Waals surface area contributed by atoms with Crippen molar-refractivity contribution in [1.29, 1.82) is 0 Å². The minimum Gasteiger partial charge on any atom is -0.508 e. The second-order valence-corrected chi connectivity index (χ2v) is 4.59. The summed E-state index contributed by atoms with van der Waals surface area (Å²) in [6.07, 6.45) is 0. The zero-order valence-electron chi connectivity index (χ0n) is 11.2. The van der Waals surface area contributed by atoms with Crippen LogP contribution in [0.5, 0.6) is 5.75 Å². The van der Waals surface area contributed by atoms with Crippen LogP contribution in [0, 0.1) is 13.8 Å². The minimum atomic E-state index is 0.205. The first-order valence-corrected chi connectivity index (χ1v) is 6.21. The second kappa shape index (κ2) is 4.77.